The molecule has 2 aliphatic rings. The molecule has 0 bridgehead atoms. The highest BCUT2D eigenvalue weighted by Crippen LogP contribution is 2.46. The number of rotatable bonds is 5. The van der Waals surface area contributed by atoms with Gasteiger partial charge in [-0.1, -0.05) is 43.1 Å². The fourth-order valence-corrected chi connectivity index (χ4v) is 5.04. The van der Waals surface area contributed by atoms with E-state index in [1.54, 1.807) is 0 Å². The summed E-state index contributed by atoms with van der Waals surface area (Å²) in [6.45, 7) is 5.17. The van der Waals surface area contributed by atoms with Crippen molar-refractivity contribution in [3.63, 3.8) is 0 Å². The monoisotopic (exact) mass is 417 g/mol. The minimum atomic E-state index is -0.745. The summed E-state index contributed by atoms with van der Waals surface area (Å²) in [7, 11) is 0. The summed E-state index contributed by atoms with van der Waals surface area (Å²) in [5, 5.41) is 10.5. The molecular formula is C22H23Cl2N2O2+. The largest absolute Gasteiger partial charge is 0.481 e. The summed E-state index contributed by atoms with van der Waals surface area (Å²) >= 11 is 12.3. The van der Waals surface area contributed by atoms with Crippen LogP contribution in [-0.4, -0.2) is 32.9 Å². The second-order valence-electron chi connectivity index (χ2n) is 7.95. The first kappa shape index (κ1) is 19.4. The van der Waals surface area contributed by atoms with Gasteiger partial charge >= 0.3 is 5.97 Å². The topological polar surface area (TPSA) is 53.2 Å². The van der Waals surface area contributed by atoms with E-state index in [1.165, 1.54) is 17.0 Å². The van der Waals surface area contributed by atoms with Gasteiger partial charge in [-0.3, -0.25) is 9.78 Å². The number of aromatic nitrogens is 1. The van der Waals surface area contributed by atoms with E-state index < -0.39 is 5.97 Å². The van der Waals surface area contributed by atoms with E-state index in [0.717, 1.165) is 30.6 Å². The van der Waals surface area contributed by atoms with Gasteiger partial charge < -0.3 is 5.11 Å². The summed E-state index contributed by atoms with van der Waals surface area (Å²) in [5.41, 5.74) is 5.84. The van der Waals surface area contributed by atoms with Crippen LogP contribution in [-0.2, 0) is 11.2 Å². The van der Waals surface area contributed by atoms with Crippen LogP contribution in [0.5, 0.6) is 0 Å². The minimum absolute atomic E-state index is 0.0534. The SMILES string of the molecule is CC(C)c1nccc2c1C(Cc1ccc(Cl)c(Cl)c1)C1=[N+]2CCC1CC(=O)O. The summed E-state index contributed by atoms with van der Waals surface area (Å²) in [6.07, 6.45) is 3.68. The van der Waals surface area contributed by atoms with Crippen LogP contribution in [0.4, 0.5) is 5.69 Å². The lowest BCUT2D eigenvalue weighted by molar-refractivity contribution is -0.428. The molecule has 1 N–H and O–H groups in total. The third-order valence-corrected chi connectivity index (χ3v) is 6.56. The van der Waals surface area contributed by atoms with Crippen LogP contribution in [0.3, 0.4) is 0 Å². The quantitative estimate of drug-likeness (QED) is 0.659. The number of aliphatic carboxylic acids is 1. The van der Waals surface area contributed by atoms with Gasteiger partial charge in [0.15, 0.2) is 5.71 Å². The zero-order chi connectivity index (χ0) is 20.0. The van der Waals surface area contributed by atoms with Crippen LogP contribution < -0.4 is 0 Å². The summed E-state index contributed by atoms with van der Waals surface area (Å²) in [5.74, 6) is -0.279. The molecule has 3 heterocycles. The maximum absolute atomic E-state index is 11.5. The maximum Gasteiger partial charge on any atom is 0.304 e. The number of halogens is 2. The number of hydrogen-bond acceptors (Lipinski definition) is 2. The Kier molecular flexibility index (Phi) is 5.19. The number of hydrogen-bond donors (Lipinski definition) is 1. The van der Waals surface area contributed by atoms with Crippen molar-refractivity contribution >= 4 is 40.6 Å². The number of fused-ring (bicyclic) bond motifs is 2. The summed E-state index contributed by atoms with van der Waals surface area (Å²) in [6, 6.07) is 7.82. The predicted octanol–water partition coefficient (Wildman–Crippen LogP) is 5.43. The Labute approximate surface area is 174 Å². The van der Waals surface area contributed by atoms with Crippen LogP contribution in [0.1, 0.15) is 55.3 Å². The van der Waals surface area contributed by atoms with E-state index in [1.807, 2.05) is 24.4 Å². The number of benzene rings is 1. The third kappa shape index (κ3) is 3.33. The van der Waals surface area contributed by atoms with Crippen molar-refractivity contribution in [2.75, 3.05) is 6.54 Å². The molecule has 0 fully saturated rings. The molecular weight excluding hydrogens is 395 g/mol. The fourth-order valence-electron chi connectivity index (χ4n) is 4.72. The van der Waals surface area contributed by atoms with E-state index in [9.17, 15) is 9.90 Å². The van der Waals surface area contributed by atoms with Crippen molar-refractivity contribution in [1.82, 2.24) is 4.98 Å². The van der Waals surface area contributed by atoms with E-state index in [0.29, 0.717) is 16.0 Å². The van der Waals surface area contributed by atoms with Crippen LogP contribution in [0, 0.1) is 5.92 Å². The Hall–Kier alpha value is -1.91. The first-order valence-electron chi connectivity index (χ1n) is 9.65. The van der Waals surface area contributed by atoms with Gasteiger partial charge in [0.1, 0.15) is 6.54 Å². The summed E-state index contributed by atoms with van der Waals surface area (Å²) < 4.78 is 2.33. The normalized spacial score (nSPS) is 20.6. The van der Waals surface area contributed by atoms with Crippen molar-refractivity contribution in [2.45, 2.75) is 44.9 Å². The molecule has 28 heavy (non-hydrogen) atoms. The first-order valence-corrected chi connectivity index (χ1v) is 10.4. The lowest BCUT2D eigenvalue weighted by Gasteiger charge is -2.18. The molecule has 146 valence electrons. The smallest absolute Gasteiger partial charge is 0.304 e. The standard InChI is InChI=1S/C22H22Cl2N2O2/c1-12(2)21-20-15(9-13-3-4-16(23)17(24)10-13)22-14(11-19(27)28)6-8-26(22)18(20)5-7-25-21/h3-5,7,10,12,14-15H,6,8-9,11H2,1-2H3/p+1. The Balaban J connectivity index is 1.81. The molecule has 2 aliphatic heterocycles. The molecule has 2 atom stereocenters. The van der Waals surface area contributed by atoms with E-state index in [4.69, 9.17) is 23.2 Å². The predicted molar refractivity (Wildman–Crippen MR) is 111 cm³/mol. The van der Waals surface area contributed by atoms with E-state index in [-0.39, 0.29) is 18.3 Å². The molecule has 0 saturated carbocycles. The molecule has 0 amide bonds. The number of pyridine rings is 1. The van der Waals surface area contributed by atoms with Crippen molar-refractivity contribution in [2.24, 2.45) is 5.92 Å². The van der Waals surface area contributed by atoms with Crippen LogP contribution in [0.15, 0.2) is 30.5 Å². The van der Waals surface area contributed by atoms with Gasteiger partial charge in [0.25, 0.3) is 0 Å². The highest BCUT2D eigenvalue weighted by Gasteiger charge is 2.49. The van der Waals surface area contributed by atoms with Crippen LogP contribution >= 0.6 is 23.2 Å². The summed E-state index contributed by atoms with van der Waals surface area (Å²) in [4.78, 5) is 16.1. The van der Waals surface area contributed by atoms with Gasteiger partial charge in [-0.25, -0.2) is 0 Å². The Morgan fingerprint density at radius 3 is 2.75 bits per heavy atom. The lowest BCUT2D eigenvalue weighted by atomic mass is 9.80. The van der Waals surface area contributed by atoms with Gasteiger partial charge in [0.2, 0.25) is 5.69 Å². The number of carboxylic acid groups (broad SMARTS) is 1. The molecule has 6 heteroatoms. The average Bonchev–Trinajstić information content (AvgIpc) is 3.17. The highest BCUT2D eigenvalue weighted by molar-refractivity contribution is 6.42. The molecule has 0 saturated heterocycles. The van der Waals surface area contributed by atoms with Crippen molar-refractivity contribution in [3.8, 4) is 0 Å². The maximum atomic E-state index is 11.5. The molecule has 4 rings (SSSR count). The van der Waals surface area contributed by atoms with E-state index >= 15 is 0 Å². The Morgan fingerprint density at radius 1 is 1.29 bits per heavy atom. The van der Waals surface area contributed by atoms with Gasteiger partial charge in [0.05, 0.1) is 39.6 Å². The van der Waals surface area contributed by atoms with Crippen molar-refractivity contribution < 1.29 is 14.5 Å². The average molecular weight is 418 g/mol. The fraction of sp³-hybridized carbons (Fsp3) is 0.409. The lowest BCUT2D eigenvalue weighted by Crippen LogP contribution is -2.23. The van der Waals surface area contributed by atoms with Gasteiger partial charge in [-0.15, -0.1) is 0 Å². The van der Waals surface area contributed by atoms with Gasteiger partial charge in [-0.05, 0) is 30.0 Å². The van der Waals surface area contributed by atoms with Gasteiger partial charge in [0, 0.05) is 18.7 Å². The third-order valence-electron chi connectivity index (χ3n) is 5.82. The molecule has 1 aromatic carbocycles. The first-order chi connectivity index (χ1) is 13.4. The highest BCUT2D eigenvalue weighted by atomic mass is 35.5. The Morgan fingerprint density at radius 2 is 2.07 bits per heavy atom. The minimum Gasteiger partial charge on any atom is -0.481 e. The van der Waals surface area contributed by atoms with Crippen LogP contribution in [0.2, 0.25) is 10.0 Å². The molecule has 0 spiro atoms. The zero-order valence-electron chi connectivity index (χ0n) is 16.0. The molecule has 0 radical (unpaired) electrons. The molecule has 4 nitrogen and oxygen atoms in total. The van der Waals surface area contributed by atoms with Crippen molar-refractivity contribution in [3.05, 3.63) is 57.3 Å². The number of carbonyl (C=O) groups is 1. The van der Waals surface area contributed by atoms with Crippen molar-refractivity contribution in [1.29, 1.82) is 0 Å². The zero-order valence-corrected chi connectivity index (χ0v) is 17.5. The number of carboxylic acids is 1. The molecule has 1 aromatic heterocycles. The molecule has 2 aromatic rings. The molecule has 2 unspecified atom stereocenters. The second kappa shape index (κ2) is 7.49. The Bertz CT molecular complexity index is 984. The van der Waals surface area contributed by atoms with Crippen LogP contribution in [0.25, 0.3) is 0 Å². The molecule has 0 aliphatic carbocycles. The van der Waals surface area contributed by atoms with E-state index in [2.05, 4.69) is 29.5 Å². The van der Waals surface area contributed by atoms with Gasteiger partial charge in [-0.2, -0.15) is 4.58 Å². The second-order valence-corrected chi connectivity index (χ2v) is 8.76. The number of nitrogens with zero attached hydrogens (tertiary/aromatic N) is 2.